The van der Waals surface area contributed by atoms with Crippen LogP contribution < -0.4 is 11.1 Å². The van der Waals surface area contributed by atoms with Crippen molar-refractivity contribution in [3.8, 4) is 0 Å². The fraction of sp³-hybridized carbons (Fsp3) is 0.333. The highest BCUT2D eigenvalue weighted by molar-refractivity contribution is 5.90. The van der Waals surface area contributed by atoms with Crippen LogP contribution >= 0.6 is 0 Å². The lowest BCUT2D eigenvalue weighted by Crippen LogP contribution is -2.14. The van der Waals surface area contributed by atoms with Gasteiger partial charge in [-0.3, -0.25) is 4.79 Å². The summed E-state index contributed by atoms with van der Waals surface area (Å²) in [6.07, 6.45) is 9.49. The van der Waals surface area contributed by atoms with Crippen LogP contribution in [0.5, 0.6) is 0 Å². The quantitative estimate of drug-likeness (QED) is 0.262. The summed E-state index contributed by atoms with van der Waals surface area (Å²) < 4.78 is 3.70. The molecule has 0 bridgehead atoms. The van der Waals surface area contributed by atoms with Crippen molar-refractivity contribution in [1.82, 2.24) is 14.1 Å². The lowest BCUT2D eigenvalue weighted by atomic mass is 10.1. The highest BCUT2D eigenvalue weighted by Gasteiger charge is 2.16. The van der Waals surface area contributed by atoms with Crippen molar-refractivity contribution < 1.29 is 9.90 Å². The Balaban J connectivity index is 1.30. The Bertz CT molecular complexity index is 1210. The molecule has 0 aliphatic rings. The maximum Gasteiger partial charge on any atom is 0.268 e. The van der Waals surface area contributed by atoms with Gasteiger partial charge in [0.15, 0.2) is 0 Å². The number of aliphatic hydroxyl groups is 1. The Morgan fingerprint density at radius 1 is 1.12 bits per heavy atom. The Morgan fingerprint density at radius 3 is 2.71 bits per heavy atom. The number of aromatic nitrogens is 3. The number of anilines is 1. The standard InChI is InChI=1S/C27H33N5O2/c1-20(31-18-24(27(28)34)30-19-31)16-26(33)32-15-13-22-11-12-23(17-25(22)32)29-14-7-3-6-10-21-8-4-2-5-9-21/h2,4-5,8-9,11-13,15,17-20,26,29,33H,3,6-7,10,14,16H2,1H3,(H2,28,34). The normalized spacial score (nSPS) is 13.1. The minimum Gasteiger partial charge on any atom is -0.385 e. The van der Waals surface area contributed by atoms with Gasteiger partial charge < -0.3 is 25.3 Å². The number of amides is 1. The van der Waals surface area contributed by atoms with E-state index in [9.17, 15) is 9.90 Å². The molecule has 1 amide bonds. The summed E-state index contributed by atoms with van der Waals surface area (Å²) in [6.45, 7) is 2.90. The summed E-state index contributed by atoms with van der Waals surface area (Å²) in [6, 6.07) is 18.8. The maximum absolute atomic E-state index is 11.3. The van der Waals surface area contributed by atoms with Gasteiger partial charge in [-0.2, -0.15) is 0 Å². The first kappa shape index (κ1) is 23.6. The Kier molecular flexibility index (Phi) is 7.65. The number of carbonyl (C=O) groups excluding carboxylic acids is 1. The summed E-state index contributed by atoms with van der Waals surface area (Å²) in [5.74, 6) is -0.556. The first-order valence-corrected chi connectivity index (χ1v) is 11.9. The van der Waals surface area contributed by atoms with Crippen molar-refractivity contribution >= 4 is 22.5 Å². The summed E-state index contributed by atoms with van der Waals surface area (Å²) in [5.41, 5.74) is 8.95. The summed E-state index contributed by atoms with van der Waals surface area (Å²) in [4.78, 5) is 15.3. The molecule has 0 aliphatic heterocycles. The summed E-state index contributed by atoms with van der Waals surface area (Å²) in [7, 11) is 0. The number of nitrogens with two attached hydrogens (primary N) is 1. The van der Waals surface area contributed by atoms with E-state index in [0.717, 1.165) is 36.0 Å². The van der Waals surface area contributed by atoms with E-state index in [1.165, 1.54) is 18.4 Å². The predicted molar refractivity (Wildman–Crippen MR) is 136 cm³/mol. The molecule has 0 aliphatic carbocycles. The van der Waals surface area contributed by atoms with Crippen LogP contribution in [-0.4, -0.2) is 31.7 Å². The minimum absolute atomic E-state index is 0.0507. The van der Waals surface area contributed by atoms with Crippen LogP contribution in [0.2, 0.25) is 0 Å². The largest absolute Gasteiger partial charge is 0.385 e. The number of carbonyl (C=O) groups is 1. The van der Waals surface area contributed by atoms with E-state index in [4.69, 9.17) is 5.73 Å². The molecule has 7 heteroatoms. The number of aryl methyl sites for hydroxylation is 1. The van der Waals surface area contributed by atoms with E-state index in [2.05, 4.69) is 58.8 Å². The Morgan fingerprint density at radius 2 is 1.94 bits per heavy atom. The Labute approximate surface area is 200 Å². The van der Waals surface area contributed by atoms with E-state index < -0.39 is 12.1 Å². The van der Waals surface area contributed by atoms with Crippen molar-refractivity contribution in [2.75, 3.05) is 11.9 Å². The predicted octanol–water partition coefficient (Wildman–Crippen LogP) is 4.90. The lowest BCUT2D eigenvalue weighted by Gasteiger charge is -2.20. The zero-order valence-electron chi connectivity index (χ0n) is 19.6. The van der Waals surface area contributed by atoms with Gasteiger partial charge in [0.25, 0.3) is 5.91 Å². The molecule has 34 heavy (non-hydrogen) atoms. The van der Waals surface area contributed by atoms with Crippen LogP contribution in [0.3, 0.4) is 0 Å². The zero-order chi connectivity index (χ0) is 23.9. The van der Waals surface area contributed by atoms with Gasteiger partial charge >= 0.3 is 0 Å². The molecule has 0 radical (unpaired) electrons. The van der Waals surface area contributed by atoms with Crippen molar-refractivity contribution in [2.24, 2.45) is 5.73 Å². The first-order valence-electron chi connectivity index (χ1n) is 11.9. The average Bonchev–Trinajstić information content (AvgIpc) is 3.49. The second-order valence-corrected chi connectivity index (χ2v) is 8.86. The molecule has 2 aromatic heterocycles. The number of nitrogens with one attached hydrogen (secondary N) is 1. The molecule has 7 nitrogen and oxygen atoms in total. The number of benzene rings is 2. The number of fused-ring (bicyclic) bond motifs is 1. The van der Waals surface area contributed by atoms with E-state index in [1.54, 1.807) is 17.1 Å². The molecular formula is C27H33N5O2. The van der Waals surface area contributed by atoms with Crippen LogP contribution in [0.4, 0.5) is 5.69 Å². The molecule has 2 heterocycles. The third-order valence-corrected chi connectivity index (χ3v) is 6.27. The molecule has 2 unspecified atom stereocenters. The van der Waals surface area contributed by atoms with Crippen molar-refractivity contribution in [3.63, 3.8) is 0 Å². The highest BCUT2D eigenvalue weighted by Crippen LogP contribution is 2.27. The molecule has 0 spiro atoms. The number of hydrogen-bond donors (Lipinski definition) is 3. The van der Waals surface area contributed by atoms with Gasteiger partial charge in [-0.1, -0.05) is 42.8 Å². The molecule has 4 rings (SSSR count). The number of nitrogens with zero attached hydrogens (tertiary/aromatic N) is 3. The number of unbranched alkanes of at least 4 members (excludes halogenated alkanes) is 2. The third-order valence-electron chi connectivity index (χ3n) is 6.27. The molecule has 4 aromatic rings. The fourth-order valence-electron chi connectivity index (χ4n) is 4.27. The van der Waals surface area contributed by atoms with Crippen LogP contribution in [0.25, 0.3) is 10.9 Å². The Hall–Kier alpha value is -3.58. The first-order chi connectivity index (χ1) is 16.5. The zero-order valence-corrected chi connectivity index (χ0v) is 19.6. The van der Waals surface area contributed by atoms with Gasteiger partial charge in [-0.05, 0) is 55.3 Å². The molecule has 0 saturated carbocycles. The van der Waals surface area contributed by atoms with Crippen LogP contribution in [0, 0.1) is 0 Å². The smallest absolute Gasteiger partial charge is 0.268 e. The lowest BCUT2D eigenvalue weighted by molar-refractivity contribution is 0.0842. The number of imidazole rings is 1. The topological polar surface area (TPSA) is 98.1 Å². The van der Waals surface area contributed by atoms with Gasteiger partial charge in [0.1, 0.15) is 11.9 Å². The molecular weight excluding hydrogens is 426 g/mol. The third kappa shape index (κ3) is 5.85. The van der Waals surface area contributed by atoms with E-state index in [-0.39, 0.29) is 11.7 Å². The number of hydrogen-bond acceptors (Lipinski definition) is 4. The van der Waals surface area contributed by atoms with Crippen molar-refractivity contribution in [1.29, 1.82) is 0 Å². The average molecular weight is 460 g/mol. The van der Waals surface area contributed by atoms with Gasteiger partial charge in [0.05, 0.1) is 11.8 Å². The van der Waals surface area contributed by atoms with Gasteiger partial charge in [0, 0.05) is 37.1 Å². The SMILES string of the molecule is CC(CC(O)n1ccc2ccc(NCCCCCc3ccccc3)cc21)n1cnc(C(N)=O)c1. The van der Waals surface area contributed by atoms with E-state index in [1.807, 2.05) is 23.8 Å². The van der Waals surface area contributed by atoms with Crippen LogP contribution in [-0.2, 0) is 6.42 Å². The fourth-order valence-corrected chi connectivity index (χ4v) is 4.27. The molecule has 4 N–H and O–H groups in total. The monoisotopic (exact) mass is 459 g/mol. The maximum atomic E-state index is 11.3. The molecule has 2 aromatic carbocycles. The van der Waals surface area contributed by atoms with Crippen molar-refractivity contribution in [2.45, 2.75) is 51.3 Å². The molecule has 0 saturated heterocycles. The number of primary amides is 1. The molecule has 178 valence electrons. The van der Waals surface area contributed by atoms with Gasteiger partial charge in [-0.25, -0.2) is 4.98 Å². The summed E-state index contributed by atoms with van der Waals surface area (Å²) in [5, 5.41) is 15.5. The molecule has 2 atom stereocenters. The molecule has 0 fully saturated rings. The second kappa shape index (κ2) is 11.0. The summed E-state index contributed by atoms with van der Waals surface area (Å²) >= 11 is 0. The van der Waals surface area contributed by atoms with E-state index >= 15 is 0 Å². The van der Waals surface area contributed by atoms with Gasteiger partial charge in [0.2, 0.25) is 0 Å². The highest BCUT2D eigenvalue weighted by atomic mass is 16.3. The van der Waals surface area contributed by atoms with Crippen molar-refractivity contribution in [3.05, 3.63) is 84.6 Å². The second-order valence-electron chi connectivity index (χ2n) is 8.86. The van der Waals surface area contributed by atoms with Crippen LogP contribution in [0.1, 0.15) is 60.9 Å². The van der Waals surface area contributed by atoms with E-state index in [0.29, 0.717) is 6.42 Å². The minimum atomic E-state index is -0.708. The number of aliphatic hydroxyl groups excluding tert-OH is 1. The number of rotatable bonds is 12. The van der Waals surface area contributed by atoms with Gasteiger partial charge in [-0.15, -0.1) is 0 Å². The van der Waals surface area contributed by atoms with Crippen LogP contribution in [0.15, 0.2) is 73.3 Å².